The van der Waals surface area contributed by atoms with Gasteiger partial charge in [0.25, 0.3) is 5.91 Å². The van der Waals surface area contributed by atoms with Crippen LogP contribution in [0.15, 0.2) is 29.2 Å². The van der Waals surface area contributed by atoms with Crippen molar-refractivity contribution in [2.45, 2.75) is 43.3 Å². The number of carbonyl (C=O) groups is 1. The van der Waals surface area contributed by atoms with Gasteiger partial charge in [0, 0.05) is 18.2 Å². The molecule has 1 unspecified atom stereocenters. The average Bonchev–Trinajstić information content (AvgIpc) is 2.55. The van der Waals surface area contributed by atoms with Crippen LogP contribution >= 0.6 is 0 Å². The van der Waals surface area contributed by atoms with Gasteiger partial charge >= 0.3 is 6.18 Å². The van der Waals surface area contributed by atoms with E-state index in [-0.39, 0.29) is 17.0 Å². The van der Waals surface area contributed by atoms with Gasteiger partial charge in [0.1, 0.15) is 6.54 Å². The Labute approximate surface area is 145 Å². The molecular formula is C15H22F3N3O3S. The highest BCUT2D eigenvalue weighted by Gasteiger charge is 2.28. The number of halogens is 3. The Morgan fingerprint density at radius 1 is 1.24 bits per heavy atom. The van der Waals surface area contributed by atoms with Crippen LogP contribution in [0.4, 0.5) is 13.2 Å². The first-order chi connectivity index (χ1) is 11.6. The number of sulfonamides is 1. The number of carbonyl (C=O) groups excluding carboxylic acids is 1. The lowest BCUT2D eigenvalue weighted by Crippen LogP contribution is -2.40. The lowest BCUT2D eigenvalue weighted by molar-refractivity contribution is -0.123. The number of nitrogens with one attached hydrogen (secondary N) is 2. The maximum absolute atomic E-state index is 12.3. The Balaban J connectivity index is 2.78. The van der Waals surface area contributed by atoms with E-state index < -0.39 is 34.7 Å². The first kappa shape index (κ1) is 21.4. The van der Waals surface area contributed by atoms with Crippen LogP contribution in [-0.4, -0.2) is 39.6 Å². The minimum Gasteiger partial charge on any atom is -0.343 e. The zero-order valence-electron chi connectivity index (χ0n) is 13.8. The summed E-state index contributed by atoms with van der Waals surface area (Å²) in [6.45, 7) is 0.671. The van der Waals surface area contributed by atoms with Crippen molar-refractivity contribution in [2.75, 3.05) is 13.1 Å². The van der Waals surface area contributed by atoms with Crippen molar-refractivity contribution >= 4 is 15.9 Å². The first-order valence-electron chi connectivity index (χ1n) is 7.76. The lowest BCUT2D eigenvalue weighted by atomic mass is 10.1. The van der Waals surface area contributed by atoms with Crippen LogP contribution in [0.5, 0.6) is 0 Å². The fourth-order valence-corrected chi connectivity index (χ4v) is 3.31. The zero-order chi connectivity index (χ0) is 19.1. The maximum atomic E-state index is 12.3. The van der Waals surface area contributed by atoms with Crippen molar-refractivity contribution in [3.63, 3.8) is 0 Å². The largest absolute Gasteiger partial charge is 0.405 e. The molecule has 0 aliphatic rings. The quantitative estimate of drug-likeness (QED) is 0.607. The summed E-state index contributed by atoms with van der Waals surface area (Å²) in [5.41, 5.74) is 5.49. The second-order valence-corrected chi connectivity index (χ2v) is 7.23. The highest BCUT2D eigenvalue weighted by atomic mass is 32.2. The molecule has 0 saturated carbocycles. The molecule has 6 nitrogen and oxygen atoms in total. The molecule has 0 spiro atoms. The maximum Gasteiger partial charge on any atom is 0.405 e. The van der Waals surface area contributed by atoms with Gasteiger partial charge in [-0.15, -0.1) is 0 Å². The normalized spacial score (nSPS) is 13.5. The van der Waals surface area contributed by atoms with Crippen LogP contribution in [0.2, 0.25) is 0 Å². The molecule has 0 radical (unpaired) electrons. The minimum atomic E-state index is -4.52. The first-order valence-corrected chi connectivity index (χ1v) is 9.24. The van der Waals surface area contributed by atoms with E-state index in [4.69, 9.17) is 5.73 Å². The number of amides is 1. The molecule has 25 heavy (non-hydrogen) atoms. The van der Waals surface area contributed by atoms with Crippen LogP contribution < -0.4 is 15.8 Å². The summed E-state index contributed by atoms with van der Waals surface area (Å²) in [5.74, 6) is -0.933. The average molecular weight is 381 g/mol. The van der Waals surface area contributed by atoms with Crippen molar-refractivity contribution in [3.8, 4) is 0 Å². The standard InChI is InChI=1S/C15H22F3N3O3S/c1-2-3-4-12(9-19)21-25(23,24)13-7-5-11(6-8-13)14(22)20-10-15(16,17)18/h5-8,12,21H,2-4,9-10,19H2,1H3,(H,20,22). The van der Waals surface area contributed by atoms with Crippen molar-refractivity contribution < 1.29 is 26.4 Å². The summed E-state index contributed by atoms with van der Waals surface area (Å²) in [4.78, 5) is 11.5. The van der Waals surface area contributed by atoms with Gasteiger partial charge < -0.3 is 11.1 Å². The van der Waals surface area contributed by atoms with Crippen molar-refractivity contribution in [1.82, 2.24) is 10.0 Å². The molecule has 10 heteroatoms. The molecule has 4 N–H and O–H groups in total. The van der Waals surface area contributed by atoms with Gasteiger partial charge in [-0.1, -0.05) is 19.8 Å². The highest BCUT2D eigenvalue weighted by Crippen LogP contribution is 2.14. The lowest BCUT2D eigenvalue weighted by Gasteiger charge is -2.16. The minimum absolute atomic E-state index is 0.0652. The Bertz CT molecular complexity index is 661. The monoisotopic (exact) mass is 381 g/mol. The highest BCUT2D eigenvalue weighted by molar-refractivity contribution is 7.89. The van der Waals surface area contributed by atoms with Crippen LogP contribution in [0.3, 0.4) is 0 Å². The topological polar surface area (TPSA) is 101 Å². The van der Waals surface area contributed by atoms with Crippen molar-refractivity contribution in [3.05, 3.63) is 29.8 Å². The van der Waals surface area contributed by atoms with E-state index in [2.05, 4.69) is 4.72 Å². The molecule has 0 aliphatic heterocycles. The van der Waals surface area contributed by atoms with Gasteiger partial charge in [-0.05, 0) is 30.7 Å². The number of unbranched alkanes of at least 4 members (excludes halogenated alkanes) is 1. The third-order valence-corrected chi connectivity index (χ3v) is 4.93. The molecule has 0 bridgehead atoms. The fraction of sp³-hybridized carbons (Fsp3) is 0.533. The number of alkyl halides is 3. The number of nitrogens with two attached hydrogens (primary N) is 1. The predicted molar refractivity (Wildman–Crippen MR) is 87.5 cm³/mol. The van der Waals surface area contributed by atoms with E-state index >= 15 is 0 Å². The molecule has 1 rings (SSSR count). The summed E-state index contributed by atoms with van der Waals surface area (Å²) in [6, 6.07) is 4.24. The zero-order valence-corrected chi connectivity index (χ0v) is 14.6. The Kier molecular flexibility index (Phi) is 7.84. The molecular weight excluding hydrogens is 359 g/mol. The molecule has 1 aromatic carbocycles. The molecule has 0 saturated heterocycles. The summed E-state index contributed by atoms with van der Waals surface area (Å²) in [7, 11) is -3.82. The summed E-state index contributed by atoms with van der Waals surface area (Å²) in [6.07, 6.45) is -2.19. The van der Waals surface area contributed by atoms with Gasteiger partial charge in [-0.2, -0.15) is 13.2 Å². The number of rotatable bonds is 9. The molecule has 142 valence electrons. The van der Waals surface area contributed by atoms with Crippen LogP contribution in [0.1, 0.15) is 36.5 Å². The predicted octanol–water partition coefficient (Wildman–Crippen LogP) is 1.77. The fourth-order valence-electron chi connectivity index (χ4n) is 2.03. The molecule has 0 fully saturated rings. The van der Waals surface area contributed by atoms with E-state index in [0.717, 1.165) is 37.1 Å². The Hall–Kier alpha value is -1.65. The number of hydrogen-bond acceptors (Lipinski definition) is 4. The summed E-state index contributed by atoms with van der Waals surface area (Å²) in [5, 5.41) is 1.72. The molecule has 0 aliphatic carbocycles. The molecule has 1 amide bonds. The molecule has 1 aromatic rings. The van der Waals surface area contributed by atoms with Crippen LogP contribution in [-0.2, 0) is 10.0 Å². The summed E-state index contributed by atoms with van der Waals surface area (Å²) >= 11 is 0. The molecule has 0 aromatic heterocycles. The van der Waals surface area contributed by atoms with Gasteiger partial charge in [-0.25, -0.2) is 13.1 Å². The molecule has 0 heterocycles. The Morgan fingerprint density at radius 2 is 1.84 bits per heavy atom. The van der Waals surface area contributed by atoms with E-state index in [0.29, 0.717) is 6.42 Å². The van der Waals surface area contributed by atoms with Crippen molar-refractivity contribution in [1.29, 1.82) is 0 Å². The second kappa shape index (κ2) is 9.16. The SMILES string of the molecule is CCCCC(CN)NS(=O)(=O)c1ccc(C(=O)NCC(F)(F)F)cc1. The molecule has 1 atom stereocenters. The van der Waals surface area contributed by atoms with Gasteiger partial charge in [-0.3, -0.25) is 4.79 Å². The summed E-state index contributed by atoms with van der Waals surface area (Å²) < 4.78 is 63.3. The van der Waals surface area contributed by atoms with Crippen LogP contribution in [0, 0.1) is 0 Å². The van der Waals surface area contributed by atoms with E-state index in [1.165, 1.54) is 0 Å². The van der Waals surface area contributed by atoms with Crippen molar-refractivity contribution in [2.24, 2.45) is 5.73 Å². The second-order valence-electron chi connectivity index (χ2n) is 5.52. The number of benzene rings is 1. The van der Waals surface area contributed by atoms with E-state index in [1.54, 1.807) is 5.32 Å². The van der Waals surface area contributed by atoms with E-state index in [1.807, 2.05) is 6.92 Å². The Morgan fingerprint density at radius 3 is 2.32 bits per heavy atom. The van der Waals surface area contributed by atoms with E-state index in [9.17, 15) is 26.4 Å². The van der Waals surface area contributed by atoms with Gasteiger partial charge in [0.15, 0.2) is 0 Å². The van der Waals surface area contributed by atoms with Gasteiger partial charge in [0.05, 0.1) is 4.90 Å². The third kappa shape index (κ3) is 7.41. The van der Waals surface area contributed by atoms with Crippen LogP contribution in [0.25, 0.3) is 0 Å². The smallest absolute Gasteiger partial charge is 0.343 e. The van der Waals surface area contributed by atoms with Gasteiger partial charge in [0.2, 0.25) is 10.0 Å². The third-order valence-electron chi connectivity index (χ3n) is 3.39. The number of hydrogen-bond donors (Lipinski definition) is 3.